The maximum Gasteiger partial charge on any atom is 0.310 e. The van der Waals surface area contributed by atoms with Crippen LogP contribution in [0.4, 0.5) is 0 Å². The number of hydrogen-bond donors (Lipinski definition) is 1. The molecule has 1 atom stereocenters. The van der Waals surface area contributed by atoms with Crippen LogP contribution in [0.15, 0.2) is 60.8 Å². The molecule has 0 aromatic heterocycles. The highest BCUT2D eigenvalue weighted by atomic mass is 16.6. The van der Waals surface area contributed by atoms with E-state index < -0.39 is 12.1 Å². The number of unbranched alkanes of at least 4 members (excludes halogenated alkanes) is 29. The molecular weight excluding hydrogens is 729 g/mol. The molecule has 0 saturated carbocycles. The summed E-state index contributed by atoms with van der Waals surface area (Å²) in [6, 6.07) is 0. The van der Waals surface area contributed by atoms with Crippen LogP contribution in [0.1, 0.15) is 251 Å². The first-order chi connectivity index (χ1) is 29.1. The molecule has 0 radical (unpaired) electrons. The topological polar surface area (TPSA) is 72.8 Å². The van der Waals surface area contributed by atoms with Crippen molar-refractivity contribution in [3.8, 4) is 0 Å². The third-order valence-electron chi connectivity index (χ3n) is 11.1. The summed E-state index contributed by atoms with van der Waals surface area (Å²) in [6.45, 7) is 3.96. The molecule has 0 heterocycles. The van der Waals surface area contributed by atoms with Crippen molar-refractivity contribution in [3.05, 3.63) is 60.8 Å². The minimum atomic E-state index is -0.826. The van der Waals surface area contributed by atoms with Gasteiger partial charge in [0.2, 0.25) is 0 Å². The number of hydrogen-bond acceptors (Lipinski definition) is 5. The van der Waals surface area contributed by atoms with E-state index in [2.05, 4.69) is 62.5 Å². The number of aliphatic hydroxyl groups is 1. The summed E-state index contributed by atoms with van der Waals surface area (Å²) in [5, 5.41) is 9.58. The average molecular weight is 825 g/mol. The van der Waals surface area contributed by atoms with Gasteiger partial charge in [-0.1, -0.05) is 261 Å². The van der Waals surface area contributed by atoms with Gasteiger partial charge >= 0.3 is 11.9 Å². The van der Waals surface area contributed by atoms with Crippen molar-refractivity contribution in [2.45, 2.75) is 258 Å². The third kappa shape index (κ3) is 48.1. The van der Waals surface area contributed by atoms with E-state index in [1.165, 1.54) is 173 Å². The fourth-order valence-electron chi connectivity index (χ4n) is 7.34. The molecule has 59 heavy (non-hydrogen) atoms. The fourth-order valence-corrected chi connectivity index (χ4v) is 7.34. The zero-order valence-corrected chi connectivity index (χ0v) is 39.0. The van der Waals surface area contributed by atoms with E-state index in [1.807, 2.05) is 6.08 Å². The average Bonchev–Trinajstić information content (AvgIpc) is 3.24. The highest BCUT2D eigenvalue weighted by molar-refractivity contribution is 5.71. The predicted octanol–water partition coefficient (Wildman–Crippen LogP) is 16.7. The van der Waals surface area contributed by atoms with E-state index in [1.54, 1.807) is 6.08 Å². The minimum absolute atomic E-state index is 0.105. The number of carbonyl (C=O) groups is 2. The Morgan fingerprint density at radius 2 is 0.712 bits per heavy atom. The van der Waals surface area contributed by atoms with Gasteiger partial charge < -0.3 is 14.6 Å². The molecule has 1 N–H and O–H groups in total. The van der Waals surface area contributed by atoms with Crippen molar-refractivity contribution in [2.75, 3.05) is 13.2 Å². The molecular formula is C54H96O5. The number of carbonyl (C=O) groups excluding carboxylic acids is 2. The van der Waals surface area contributed by atoms with Crippen molar-refractivity contribution < 1.29 is 24.2 Å². The number of esters is 2. The van der Waals surface area contributed by atoms with Gasteiger partial charge in [0.05, 0.1) is 13.0 Å². The van der Waals surface area contributed by atoms with Gasteiger partial charge in [-0.25, -0.2) is 0 Å². The highest BCUT2D eigenvalue weighted by Crippen LogP contribution is 2.17. The van der Waals surface area contributed by atoms with Gasteiger partial charge in [-0.15, -0.1) is 0 Å². The quantitative estimate of drug-likeness (QED) is 0.0376. The van der Waals surface area contributed by atoms with Crippen LogP contribution < -0.4 is 0 Å². The van der Waals surface area contributed by atoms with Crippen LogP contribution in [0.5, 0.6) is 0 Å². The Balaban J connectivity index is 3.48. The first kappa shape index (κ1) is 56.6. The Kier molecular flexibility index (Phi) is 47.9. The van der Waals surface area contributed by atoms with Crippen LogP contribution in [-0.4, -0.2) is 36.4 Å². The summed E-state index contributed by atoms with van der Waals surface area (Å²) in [5.41, 5.74) is 0. The maximum atomic E-state index is 12.2. The molecule has 0 rings (SSSR count). The van der Waals surface area contributed by atoms with Gasteiger partial charge in [0.15, 0.2) is 6.10 Å². The van der Waals surface area contributed by atoms with Crippen LogP contribution in [-0.2, 0) is 19.1 Å². The summed E-state index contributed by atoms with van der Waals surface area (Å²) in [6.07, 6.45) is 66.5. The van der Waals surface area contributed by atoms with Gasteiger partial charge in [0, 0.05) is 6.42 Å². The van der Waals surface area contributed by atoms with Gasteiger partial charge in [-0.05, 0) is 38.5 Å². The Morgan fingerprint density at radius 3 is 1.03 bits per heavy atom. The van der Waals surface area contributed by atoms with E-state index >= 15 is 0 Å². The second-order valence-corrected chi connectivity index (χ2v) is 16.9. The van der Waals surface area contributed by atoms with Crippen LogP contribution in [0.3, 0.4) is 0 Å². The first-order valence-corrected chi connectivity index (χ1v) is 25.3. The van der Waals surface area contributed by atoms with Crippen LogP contribution in [0.25, 0.3) is 0 Å². The number of allylic oxidation sites excluding steroid dienone is 9. The zero-order valence-electron chi connectivity index (χ0n) is 39.0. The smallest absolute Gasteiger partial charge is 0.310 e. The number of ether oxygens (including phenoxy) is 2. The van der Waals surface area contributed by atoms with Gasteiger partial charge in [-0.2, -0.15) is 0 Å². The SMILES string of the molecule is CC/C=C\C/C=C\C/C=C\C/C=C\C/C=C\CC(=O)OC(CO)COC(=O)CCCCCCCCCCCCCCCCCCCCCCCCCCCCCCCC. The molecule has 0 aliphatic heterocycles. The second-order valence-electron chi connectivity index (χ2n) is 16.9. The van der Waals surface area contributed by atoms with Crippen molar-refractivity contribution in [1.82, 2.24) is 0 Å². The lowest BCUT2D eigenvalue weighted by Crippen LogP contribution is -2.28. The molecule has 0 aromatic carbocycles. The molecule has 5 heteroatoms. The zero-order chi connectivity index (χ0) is 42.8. The molecule has 0 spiro atoms. The van der Waals surface area contributed by atoms with Crippen molar-refractivity contribution >= 4 is 11.9 Å². The molecule has 342 valence electrons. The van der Waals surface area contributed by atoms with Crippen molar-refractivity contribution in [1.29, 1.82) is 0 Å². The Morgan fingerprint density at radius 1 is 0.407 bits per heavy atom. The molecule has 0 bridgehead atoms. The van der Waals surface area contributed by atoms with Crippen molar-refractivity contribution in [3.63, 3.8) is 0 Å². The number of rotatable bonds is 46. The Labute approximate surface area is 366 Å². The summed E-state index contributed by atoms with van der Waals surface area (Å²) >= 11 is 0. The monoisotopic (exact) mass is 825 g/mol. The molecule has 0 fully saturated rings. The first-order valence-electron chi connectivity index (χ1n) is 25.3. The normalized spacial score (nSPS) is 12.7. The summed E-state index contributed by atoms with van der Waals surface area (Å²) < 4.78 is 10.6. The van der Waals surface area contributed by atoms with E-state index in [9.17, 15) is 14.7 Å². The molecule has 0 aliphatic carbocycles. The van der Waals surface area contributed by atoms with Gasteiger partial charge in [-0.3, -0.25) is 9.59 Å². The largest absolute Gasteiger partial charge is 0.462 e. The fraction of sp³-hybridized carbons (Fsp3) is 0.778. The number of aliphatic hydroxyl groups excluding tert-OH is 1. The Hall–Kier alpha value is -2.40. The van der Waals surface area contributed by atoms with E-state index in [-0.39, 0.29) is 25.6 Å². The Bertz CT molecular complexity index is 1020. The second kappa shape index (κ2) is 50.0. The van der Waals surface area contributed by atoms with Gasteiger partial charge in [0.25, 0.3) is 0 Å². The van der Waals surface area contributed by atoms with Crippen LogP contribution in [0, 0.1) is 0 Å². The molecule has 0 amide bonds. The lowest BCUT2D eigenvalue weighted by atomic mass is 10.0. The third-order valence-corrected chi connectivity index (χ3v) is 11.1. The molecule has 5 nitrogen and oxygen atoms in total. The lowest BCUT2D eigenvalue weighted by molar-refractivity contribution is -0.160. The summed E-state index contributed by atoms with van der Waals surface area (Å²) in [7, 11) is 0. The minimum Gasteiger partial charge on any atom is -0.462 e. The van der Waals surface area contributed by atoms with Crippen LogP contribution in [0.2, 0.25) is 0 Å². The molecule has 1 unspecified atom stereocenters. The van der Waals surface area contributed by atoms with Crippen LogP contribution >= 0.6 is 0 Å². The van der Waals surface area contributed by atoms with E-state index in [4.69, 9.17) is 9.47 Å². The highest BCUT2D eigenvalue weighted by Gasteiger charge is 2.15. The summed E-state index contributed by atoms with van der Waals surface area (Å²) in [4.78, 5) is 24.3. The van der Waals surface area contributed by atoms with Gasteiger partial charge in [0.1, 0.15) is 6.61 Å². The molecule has 0 saturated heterocycles. The van der Waals surface area contributed by atoms with E-state index in [0.29, 0.717) is 6.42 Å². The summed E-state index contributed by atoms with van der Waals surface area (Å²) in [5.74, 6) is -0.731. The standard InChI is InChI=1S/C54H96O5/c1-3-5-7-9-11-13-15-17-19-20-21-22-23-24-25-26-27-28-29-30-31-32-33-35-36-38-40-42-44-46-48-53(56)58-51-52(50-55)59-54(57)49-47-45-43-41-39-37-34-18-16-14-12-10-8-6-4-2/h6,8,12,14,18,34,39,41,45,47,52,55H,3-5,7,9-11,13,15-17,19-33,35-38,40,42-44,46,48-51H2,1-2H3/b8-6-,14-12-,34-18-,41-39-,47-45-. The lowest BCUT2D eigenvalue weighted by Gasteiger charge is -2.15. The predicted molar refractivity (Wildman–Crippen MR) is 256 cm³/mol. The van der Waals surface area contributed by atoms with E-state index in [0.717, 1.165) is 51.4 Å². The molecule has 0 aliphatic rings. The van der Waals surface area contributed by atoms with Crippen molar-refractivity contribution in [2.24, 2.45) is 0 Å². The molecule has 0 aromatic rings. The maximum absolute atomic E-state index is 12.2.